The van der Waals surface area contributed by atoms with E-state index in [4.69, 9.17) is 14.2 Å². The predicted molar refractivity (Wildman–Crippen MR) is 135 cm³/mol. The van der Waals surface area contributed by atoms with E-state index < -0.39 is 22.5 Å². The number of hydrogen-bond acceptors (Lipinski definition) is 6. The minimum atomic E-state index is -4.17. The summed E-state index contributed by atoms with van der Waals surface area (Å²) in [7, 11) is 0.303. The molecule has 3 aromatic rings. The number of nitrogens with one attached hydrogen (secondary N) is 1. The number of sulfonamides is 1. The van der Waals surface area contributed by atoms with E-state index in [1.54, 1.807) is 62.6 Å². The van der Waals surface area contributed by atoms with Gasteiger partial charge in [0.25, 0.3) is 10.0 Å². The van der Waals surface area contributed by atoms with Crippen LogP contribution in [0.25, 0.3) is 0 Å². The first-order chi connectivity index (χ1) is 16.7. The summed E-state index contributed by atoms with van der Waals surface area (Å²) in [6, 6.07) is 18.4. The molecule has 9 heteroatoms. The number of aryl methyl sites for hydroxylation is 1. The summed E-state index contributed by atoms with van der Waals surface area (Å²) in [5.74, 6) is 0.891. The fourth-order valence-corrected chi connectivity index (χ4v) is 5.23. The number of carbonyl (C=O) groups is 1. The highest BCUT2D eigenvalue weighted by Crippen LogP contribution is 2.32. The molecule has 0 radical (unpaired) electrons. The van der Waals surface area contributed by atoms with Crippen molar-refractivity contribution in [2.24, 2.45) is 0 Å². The van der Waals surface area contributed by atoms with Gasteiger partial charge in [0.1, 0.15) is 28.7 Å². The highest BCUT2D eigenvalue weighted by molar-refractivity contribution is 7.93. The smallest absolute Gasteiger partial charge is 0.268 e. The number of carbonyl (C=O) groups excluding carboxylic acids is 1. The van der Waals surface area contributed by atoms with E-state index >= 15 is 0 Å². The second kappa shape index (κ2) is 11.1. The molecule has 0 unspecified atom stereocenters. The third kappa shape index (κ3) is 6.05. The zero-order valence-corrected chi connectivity index (χ0v) is 21.3. The number of benzene rings is 3. The molecule has 0 bridgehead atoms. The van der Waals surface area contributed by atoms with Crippen molar-refractivity contribution in [3.8, 4) is 17.2 Å². The molecule has 1 N–H and O–H groups in total. The SMILES string of the molecule is COc1ccc([C@H](C)NC(=O)CN(c2cccc(OC)c2)S(=O)(=O)c2cc(C)ccc2OC)cc1. The molecule has 35 heavy (non-hydrogen) atoms. The van der Waals surface area contributed by atoms with Crippen molar-refractivity contribution < 1.29 is 27.4 Å². The Morgan fingerprint density at radius 1 is 0.914 bits per heavy atom. The Morgan fingerprint density at radius 3 is 2.23 bits per heavy atom. The number of nitrogens with zero attached hydrogens (tertiary/aromatic N) is 1. The summed E-state index contributed by atoms with van der Waals surface area (Å²) in [6.45, 7) is 3.18. The molecule has 1 atom stereocenters. The van der Waals surface area contributed by atoms with Gasteiger partial charge in [-0.2, -0.15) is 0 Å². The number of anilines is 1. The van der Waals surface area contributed by atoms with Crippen LogP contribution in [0.4, 0.5) is 5.69 Å². The van der Waals surface area contributed by atoms with E-state index in [0.717, 1.165) is 15.4 Å². The van der Waals surface area contributed by atoms with Crippen molar-refractivity contribution in [1.82, 2.24) is 5.32 Å². The molecule has 0 saturated heterocycles. The zero-order chi connectivity index (χ0) is 25.6. The van der Waals surface area contributed by atoms with Crippen molar-refractivity contribution in [3.63, 3.8) is 0 Å². The van der Waals surface area contributed by atoms with Crippen molar-refractivity contribution >= 4 is 21.6 Å². The molecule has 0 aliphatic carbocycles. The molecule has 8 nitrogen and oxygen atoms in total. The van der Waals surface area contributed by atoms with Crippen LogP contribution in [0.3, 0.4) is 0 Å². The summed E-state index contributed by atoms with van der Waals surface area (Å²) in [4.78, 5) is 13.1. The first kappa shape index (κ1) is 25.9. The van der Waals surface area contributed by atoms with Crippen LogP contribution in [0.2, 0.25) is 0 Å². The Labute approximate surface area is 206 Å². The second-order valence-corrected chi connectivity index (χ2v) is 9.76. The van der Waals surface area contributed by atoms with Gasteiger partial charge < -0.3 is 19.5 Å². The van der Waals surface area contributed by atoms with E-state index in [1.807, 2.05) is 19.1 Å². The molecule has 186 valence electrons. The van der Waals surface area contributed by atoms with Gasteiger partial charge in [0, 0.05) is 6.07 Å². The Balaban J connectivity index is 1.96. The molecular formula is C26H30N2O6S. The van der Waals surface area contributed by atoms with Crippen LogP contribution in [-0.2, 0) is 14.8 Å². The molecule has 0 aromatic heterocycles. The van der Waals surface area contributed by atoms with Crippen LogP contribution in [-0.4, -0.2) is 42.2 Å². The Kier molecular flexibility index (Phi) is 8.24. The summed E-state index contributed by atoms with van der Waals surface area (Å²) in [5, 5.41) is 2.88. The average molecular weight is 499 g/mol. The molecule has 1 amide bonds. The Hall–Kier alpha value is -3.72. The summed E-state index contributed by atoms with van der Waals surface area (Å²) < 4.78 is 44.5. The molecule has 0 aliphatic rings. The standard InChI is InChI=1S/C26H30N2O6S/c1-18-9-14-24(34-5)25(15-18)35(30,31)28(21-7-6-8-23(16-21)33-4)17-26(29)27-19(2)20-10-12-22(32-3)13-11-20/h6-16,19H,17H2,1-5H3,(H,27,29)/t19-/m0/s1. The quantitative estimate of drug-likeness (QED) is 0.452. The summed E-state index contributed by atoms with van der Waals surface area (Å²) in [5.41, 5.74) is 1.89. The monoisotopic (exact) mass is 498 g/mol. The maximum atomic E-state index is 13.8. The number of amides is 1. The number of rotatable bonds is 10. The van der Waals surface area contributed by atoms with Gasteiger partial charge in [0.05, 0.1) is 33.1 Å². The minimum Gasteiger partial charge on any atom is -0.497 e. The maximum absolute atomic E-state index is 13.8. The van der Waals surface area contributed by atoms with E-state index in [9.17, 15) is 13.2 Å². The van der Waals surface area contributed by atoms with Crippen molar-refractivity contribution in [1.29, 1.82) is 0 Å². The largest absolute Gasteiger partial charge is 0.497 e. The van der Waals surface area contributed by atoms with Gasteiger partial charge in [-0.1, -0.05) is 24.3 Å². The predicted octanol–water partition coefficient (Wildman–Crippen LogP) is 4.09. The fourth-order valence-electron chi connectivity index (χ4n) is 3.58. The van der Waals surface area contributed by atoms with Gasteiger partial charge in [-0.15, -0.1) is 0 Å². The second-order valence-electron chi connectivity index (χ2n) is 7.93. The van der Waals surface area contributed by atoms with Gasteiger partial charge in [0.2, 0.25) is 5.91 Å². The van der Waals surface area contributed by atoms with Crippen molar-refractivity contribution in [2.75, 3.05) is 32.2 Å². The first-order valence-electron chi connectivity index (χ1n) is 10.9. The van der Waals surface area contributed by atoms with E-state index in [-0.39, 0.29) is 16.7 Å². The maximum Gasteiger partial charge on any atom is 0.268 e. The summed E-state index contributed by atoms with van der Waals surface area (Å²) in [6.07, 6.45) is 0. The molecule has 0 heterocycles. The molecule has 3 aromatic carbocycles. The number of ether oxygens (including phenoxy) is 3. The Morgan fingerprint density at radius 2 is 1.60 bits per heavy atom. The zero-order valence-electron chi connectivity index (χ0n) is 20.4. The van der Waals surface area contributed by atoms with Crippen molar-refractivity contribution in [2.45, 2.75) is 24.8 Å². The lowest BCUT2D eigenvalue weighted by Gasteiger charge is -2.26. The molecule has 0 fully saturated rings. The Bertz CT molecular complexity index is 1280. The van der Waals surface area contributed by atoms with Crippen LogP contribution >= 0.6 is 0 Å². The average Bonchev–Trinajstić information content (AvgIpc) is 2.87. The van der Waals surface area contributed by atoms with Gasteiger partial charge in [-0.25, -0.2) is 8.42 Å². The van der Waals surface area contributed by atoms with Gasteiger partial charge >= 0.3 is 0 Å². The van der Waals surface area contributed by atoms with Gasteiger partial charge in [0.15, 0.2) is 0 Å². The van der Waals surface area contributed by atoms with Crippen LogP contribution in [0, 0.1) is 6.92 Å². The molecule has 0 saturated carbocycles. The van der Waals surface area contributed by atoms with Crippen LogP contribution < -0.4 is 23.8 Å². The number of hydrogen-bond donors (Lipinski definition) is 1. The van der Waals surface area contributed by atoms with Crippen LogP contribution in [0.15, 0.2) is 71.6 Å². The van der Waals surface area contributed by atoms with E-state index in [0.29, 0.717) is 17.2 Å². The minimum absolute atomic E-state index is 0.0289. The lowest BCUT2D eigenvalue weighted by Crippen LogP contribution is -2.41. The van der Waals surface area contributed by atoms with Crippen LogP contribution in [0.5, 0.6) is 17.2 Å². The highest BCUT2D eigenvalue weighted by atomic mass is 32.2. The lowest BCUT2D eigenvalue weighted by molar-refractivity contribution is -0.120. The lowest BCUT2D eigenvalue weighted by atomic mass is 10.1. The van der Waals surface area contributed by atoms with Crippen LogP contribution in [0.1, 0.15) is 24.1 Å². The van der Waals surface area contributed by atoms with E-state index in [2.05, 4.69) is 5.32 Å². The third-order valence-electron chi connectivity index (χ3n) is 5.51. The first-order valence-corrected chi connectivity index (χ1v) is 12.4. The molecule has 0 spiro atoms. The summed E-state index contributed by atoms with van der Waals surface area (Å²) >= 11 is 0. The molecule has 0 aliphatic heterocycles. The van der Waals surface area contributed by atoms with Gasteiger partial charge in [-0.3, -0.25) is 9.10 Å². The molecule has 3 rings (SSSR count). The van der Waals surface area contributed by atoms with Gasteiger partial charge in [-0.05, 0) is 61.4 Å². The highest BCUT2D eigenvalue weighted by Gasteiger charge is 2.31. The third-order valence-corrected chi connectivity index (χ3v) is 7.30. The fraction of sp³-hybridized carbons (Fsp3) is 0.269. The molecular weight excluding hydrogens is 468 g/mol. The topological polar surface area (TPSA) is 94.2 Å². The van der Waals surface area contributed by atoms with E-state index in [1.165, 1.54) is 20.3 Å². The normalized spacial score (nSPS) is 11.9. The van der Waals surface area contributed by atoms with Crippen molar-refractivity contribution in [3.05, 3.63) is 77.9 Å². The number of methoxy groups -OCH3 is 3.